The molecule has 16 heavy (non-hydrogen) atoms. The third-order valence-corrected chi connectivity index (χ3v) is 2.73. The number of fused-ring (bicyclic) bond motifs is 1. The lowest BCUT2D eigenvalue weighted by atomic mass is 10.1. The van der Waals surface area contributed by atoms with E-state index in [0.29, 0.717) is 5.56 Å². The molecule has 2 rings (SSSR count). The Labute approximate surface area is 96.6 Å². The number of esters is 1. The van der Waals surface area contributed by atoms with Crippen molar-refractivity contribution in [3.63, 3.8) is 0 Å². The van der Waals surface area contributed by atoms with E-state index < -0.39 is 5.60 Å². The Kier molecular flexibility index (Phi) is 2.75. The smallest absolute Gasteiger partial charge is 0.338 e. The molecule has 0 saturated carbocycles. The van der Waals surface area contributed by atoms with Gasteiger partial charge in [-0.05, 0) is 63.3 Å². The van der Waals surface area contributed by atoms with Crippen LogP contribution in [0.25, 0.3) is 0 Å². The van der Waals surface area contributed by atoms with E-state index in [1.54, 1.807) is 0 Å². The van der Waals surface area contributed by atoms with Crippen molar-refractivity contribution in [2.24, 2.45) is 0 Å². The van der Waals surface area contributed by atoms with Gasteiger partial charge in [0.1, 0.15) is 5.60 Å². The second kappa shape index (κ2) is 3.93. The maximum absolute atomic E-state index is 11.8. The summed E-state index contributed by atoms with van der Waals surface area (Å²) in [6.45, 7) is 5.66. The summed E-state index contributed by atoms with van der Waals surface area (Å²) in [6, 6.07) is 5.91. The molecule has 1 aromatic carbocycles. The van der Waals surface area contributed by atoms with Gasteiger partial charge in [-0.2, -0.15) is 0 Å². The molecule has 1 aliphatic rings. The highest BCUT2D eigenvalue weighted by Crippen LogP contribution is 2.23. The number of benzene rings is 1. The first kappa shape index (κ1) is 11.2. The van der Waals surface area contributed by atoms with E-state index in [-0.39, 0.29) is 5.97 Å². The summed E-state index contributed by atoms with van der Waals surface area (Å²) in [5.74, 6) is -0.220. The lowest BCUT2D eigenvalue weighted by Crippen LogP contribution is -2.23. The molecule has 0 bridgehead atoms. The SMILES string of the molecule is CC(C)(C)OC(=O)c1ccc2c(c1)CCC2. The molecule has 0 heterocycles. The molecular formula is C14H18O2. The first-order valence-electron chi connectivity index (χ1n) is 5.81. The van der Waals surface area contributed by atoms with Gasteiger partial charge in [-0.15, -0.1) is 0 Å². The number of aryl methyl sites for hydroxylation is 2. The van der Waals surface area contributed by atoms with Crippen LogP contribution in [0.3, 0.4) is 0 Å². The second-order valence-corrected chi connectivity index (χ2v) is 5.34. The van der Waals surface area contributed by atoms with Gasteiger partial charge in [0.05, 0.1) is 5.56 Å². The van der Waals surface area contributed by atoms with Crippen LogP contribution in [0.5, 0.6) is 0 Å². The van der Waals surface area contributed by atoms with E-state index in [0.717, 1.165) is 12.8 Å². The van der Waals surface area contributed by atoms with Crippen molar-refractivity contribution in [3.05, 3.63) is 34.9 Å². The van der Waals surface area contributed by atoms with Crippen molar-refractivity contribution in [3.8, 4) is 0 Å². The number of hydrogen-bond donors (Lipinski definition) is 0. The zero-order valence-corrected chi connectivity index (χ0v) is 10.2. The number of rotatable bonds is 1. The van der Waals surface area contributed by atoms with Gasteiger partial charge in [0.2, 0.25) is 0 Å². The van der Waals surface area contributed by atoms with Gasteiger partial charge in [0.25, 0.3) is 0 Å². The van der Waals surface area contributed by atoms with Gasteiger partial charge in [-0.3, -0.25) is 0 Å². The predicted molar refractivity (Wildman–Crippen MR) is 63.6 cm³/mol. The molecule has 0 spiro atoms. The maximum atomic E-state index is 11.8. The summed E-state index contributed by atoms with van der Waals surface area (Å²) in [7, 11) is 0. The first-order chi connectivity index (χ1) is 7.46. The molecule has 2 heteroatoms. The highest BCUT2D eigenvalue weighted by Gasteiger charge is 2.19. The van der Waals surface area contributed by atoms with Gasteiger partial charge < -0.3 is 4.74 Å². The summed E-state index contributed by atoms with van der Waals surface area (Å²) >= 11 is 0. The average Bonchev–Trinajstić information content (AvgIpc) is 2.61. The summed E-state index contributed by atoms with van der Waals surface area (Å²) in [6.07, 6.45) is 3.43. The van der Waals surface area contributed by atoms with Gasteiger partial charge in [0.15, 0.2) is 0 Å². The van der Waals surface area contributed by atoms with Crippen LogP contribution in [-0.2, 0) is 17.6 Å². The molecule has 1 aromatic rings. The zero-order chi connectivity index (χ0) is 11.8. The maximum Gasteiger partial charge on any atom is 0.338 e. The van der Waals surface area contributed by atoms with Crippen LogP contribution in [0.1, 0.15) is 48.7 Å². The molecular weight excluding hydrogens is 200 g/mol. The first-order valence-corrected chi connectivity index (χ1v) is 5.81. The minimum Gasteiger partial charge on any atom is -0.456 e. The van der Waals surface area contributed by atoms with Gasteiger partial charge in [-0.25, -0.2) is 4.79 Å². The second-order valence-electron chi connectivity index (χ2n) is 5.34. The van der Waals surface area contributed by atoms with Crippen LogP contribution in [-0.4, -0.2) is 11.6 Å². The van der Waals surface area contributed by atoms with Gasteiger partial charge >= 0.3 is 5.97 Å². The molecule has 0 amide bonds. The minimum atomic E-state index is -0.421. The topological polar surface area (TPSA) is 26.3 Å². The Morgan fingerprint density at radius 2 is 1.88 bits per heavy atom. The zero-order valence-electron chi connectivity index (χ0n) is 10.2. The molecule has 0 aliphatic heterocycles. The number of carbonyl (C=O) groups excluding carboxylic acids is 1. The third-order valence-electron chi connectivity index (χ3n) is 2.73. The van der Waals surface area contributed by atoms with E-state index >= 15 is 0 Å². The molecule has 0 radical (unpaired) electrons. The van der Waals surface area contributed by atoms with Crippen molar-refractivity contribution in [1.82, 2.24) is 0 Å². The van der Waals surface area contributed by atoms with Crippen molar-refractivity contribution in [2.45, 2.75) is 45.6 Å². The third kappa shape index (κ3) is 2.43. The molecule has 86 valence electrons. The van der Waals surface area contributed by atoms with Crippen LogP contribution in [0.15, 0.2) is 18.2 Å². The van der Waals surface area contributed by atoms with Crippen LogP contribution >= 0.6 is 0 Å². The quantitative estimate of drug-likeness (QED) is 0.677. The van der Waals surface area contributed by atoms with E-state index in [9.17, 15) is 4.79 Å². The van der Waals surface area contributed by atoms with E-state index in [4.69, 9.17) is 4.74 Å². The fourth-order valence-electron chi connectivity index (χ4n) is 2.04. The van der Waals surface area contributed by atoms with Gasteiger partial charge in [-0.1, -0.05) is 6.07 Å². The average molecular weight is 218 g/mol. The normalized spacial score (nSPS) is 14.7. The number of ether oxygens (including phenoxy) is 1. The van der Waals surface area contributed by atoms with Crippen molar-refractivity contribution in [1.29, 1.82) is 0 Å². The number of hydrogen-bond acceptors (Lipinski definition) is 2. The van der Waals surface area contributed by atoms with Crippen LogP contribution in [0.2, 0.25) is 0 Å². The molecule has 0 unspecified atom stereocenters. The van der Waals surface area contributed by atoms with Gasteiger partial charge in [0, 0.05) is 0 Å². The van der Waals surface area contributed by atoms with Crippen LogP contribution in [0.4, 0.5) is 0 Å². The van der Waals surface area contributed by atoms with Crippen LogP contribution < -0.4 is 0 Å². The Hall–Kier alpha value is -1.31. The summed E-state index contributed by atoms with van der Waals surface area (Å²) < 4.78 is 5.34. The lowest BCUT2D eigenvalue weighted by molar-refractivity contribution is 0.00694. The highest BCUT2D eigenvalue weighted by molar-refractivity contribution is 5.90. The largest absolute Gasteiger partial charge is 0.456 e. The van der Waals surface area contributed by atoms with Crippen molar-refractivity contribution < 1.29 is 9.53 Å². The molecule has 2 nitrogen and oxygen atoms in total. The standard InChI is InChI=1S/C14H18O2/c1-14(2,3)16-13(15)12-8-7-10-5-4-6-11(10)9-12/h7-9H,4-6H2,1-3H3. The Balaban J connectivity index is 2.19. The summed E-state index contributed by atoms with van der Waals surface area (Å²) in [5.41, 5.74) is 2.95. The monoisotopic (exact) mass is 218 g/mol. The van der Waals surface area contributed by atoms with E-state index in [2.05, 4.69) is 6.07 Å². The molecule has 0 atom stereocenters. The Morgan fingerprint density at radius 1 is 1.19 bits per heavy atom. The summed E-state index contributed by atoms with van der Waals surface area (Å²) in [5, 5.41) is 0. The van der Waals surface area contributed by atoms with Crippen LogP contribution in [0, 0.1) is 0 Å². The Bertz CT molecular complexity index is 413. The van der Waals surface area contributed by atoms with Crippen molar-refractivity contribution >= 4 is 5.97 Å². The Morgan fingerprint density at radius 3 is 2.56 bits per heavy atom. The lowest BCUT2D eigenvalue weighted by Gasteiger charge is -2.19. The van der Waals surface area contributed by atoms with E-state index in [1.807, 2.05) is 32.9 Å². The molecule has 0 saturated heterocycles. The summed E-state index contributed by atoms with van der Waals surface area (Å²) in [4.78, 5) is 11.8. The predicted octanol–water partition coefficient (Wildman–Crippen LogP) is 3.13. The van der Waals surface area contributed by atoms with Crippen molar-refractivity contribution in [2.75, 3.05) is 0 Å². The fraction of sp³-hybridized carbons (Fsp3) is 0.500. The molecule has 0 fully saturated rings. The number of carbonyl (C=O) groups is 1. The minimum absolute atomic E-state index is 0.220. The van der Waals surface area contributed by atoms with E-state index in [1.165, 1.54) is 17.5 Å². The fourth-order valence-corrected chi connectivity index (χ4v) is 2.04. The highest BCUT2D eigenvalue weighted by atomic mass is 16.6. The molecule has 1 aliphatic carbocycles. The molecule has 0 aromatic heterocycles. The molecule has 0 N–H and O–H groups in total.